The minimum absolute atomic E-state index is 0.256. The van der Waals surface area contributed by atoms with Crippen molar-refractivity contribution in [3.05, 3.63) is 34.9 Å². The Balaban J connectivity index is 2.58. The first-order valence-electron chi connectivity index (χ1n) is 5.36. The molecule has 1 aliphatic rings. The van der Waals surface area contributed by atoms with Crippen molar-refractivity contribution in [3.8, 4) is 0 Å². The van der Waals surface area contributed by atoms with Gasteiger partial charge in [-0.15, -0.1) is 0 Å². The van der Waals surface area contributed by atoms with E-state index in [0.717, 1.165) is 6.54 Å². The third-order valence-corrected chi connectivity index (χ3v) is 3.04. The van der Waals surface area contributed by atoms with Crippen molar-refractivity contribution in [1.29, 1.82) is 0 Å². The molecule has 0 amide bonds. The van der Waals surface area contributed by atoms with E-state index in [9.17, 15) is 0 Å². The Morgan fingerprint density at radius 1 is 1.29 bits per heavy atom. The molecule has 1 aromatic carbocycles. The Hall–Kier alpha value is -0.820. The SMILES string of the molecule is CC1NCc2cccc(C(C)(C)C)c21. The number of benzene rings is 1. The van der Waals surface area contributed by atoms with Gasteiger partial charge in [0.15, 0.2) is 0 Å². The van der Waals surface area contributed by atoms with Crippen LogP contribution in [-0.2, 0) is 12.0 Å². The van der Waals surface area contributed by atoms with E-state index < -0.39 is 0 Å². The molecule has 0 radical (unpaired) electrons. The van der Waals surface area contributed by atoms with Gasteiger partial charge in [0, 0.05) is 12.6 Å². The van der Waals surface area contributed by atoms with Crippen molar-refractivity contribution >= 4 is 0 Å². The molecule has 1 aliphatic heterocycles. The minimum atomic E-state index is 0.256. The number of rotatable bonds is 0. The maximum atomic E-state index is 3.50. The fraction of sp³-hybridized carbons (Fsp3) is 0.538. The maximum Gasteiger partial charge on any atom is 0.0301 e. The first-order chi connectivity index (χ1) is 6.50. The third kappa shape index (κ3) is 1.46. The van der Waals surface area contributed by atoms with E-state index in [1.165, 1.54) is 16.7 Å². The number of fused-ring (bicyclic) bond motifs is 1. The third-order valence-electron chi connectivity index (χ3n) is 3.04. The average Bonchev–Trinajstić information content (AvgIpc) is 2.46. The summed E-state index contributed by atoms with van der Waals surface area (Å²) in [5.41, 5.74) is 4.75. The largest absolute Gasteiger partial charge is 0.306 e. The normalized spacial score (nSPS) is 21.0. The lowest BCUT2D eigenvalue weighted by Gasteiger charge is -2.24. The van der Waals surface area contributed by atoms with Crippen LogP contribution in [0.5, 0.6) is 0 Å². The Labute approximate surface area is 86.5 Å². The lowest BCUT2D eigenvalue weighted by atomic mass is 9.81. The van der Waals surface area contributed by atoms with E-state index in [0.29, 0.717) is 6.04 Å². The molecule has 0 saturated carbocycles. The summed E-state index contributed by atoms with van der Waals surface area (Å²) in [6.45, 7) is 10.1. The molecule has 0 aromatic heterocycles. The van der Waals surface area contributed by atoms with Crippen LogP contribution in [0.15, 0.2) is 18.2 Å². The van der Waals surface area contributed by atoms with E-state index in [-0.39, 0.29) is 5.41 Å². The average molecular weight is 189 g/mol. The fourth-order valence-corrected chi connectivity index (χ4v) is 2.30. The van der Waals surface area contributed by atoms with Crippen LogP contribution in [-0.4, -0.2) is 0 Å². The second kappa shape index (κ2) is 3.09. The van der Waals surface area contributed by atoms with Crippen molar-refractivity contribution in [2.75, 3.05) is 0 Å². The standard InChI is InChI=1S/C13H19N/c1-9-12-10(8-14-9)6-5-7-11(12)13(2,3)4/h5-7,9,14H,8H2,1-4H3. The Morgan fingerprint density at radius 3 is 2.64 bits per heavy atom. The summed E-state index contributed by atoms with van der Waals surface area (Å²) in [5.74, 6) is 0. The number of nitrogens with one attached hydrogen (secondary N) is 1. The van der Waals surface area contributed by atoms with Crippen LogP contribution in [0.25, 0.3) is 0 Å². The fourth-order valence-electron chi connectivity index (χ4n) is 2.30. The van der Waals surface area contributed by atoms with E-state index in [1.54, 1.807) is 0 Å². The van der Waals surface area contributed by atoms with Crippen molar-refractivity contribution in [2.45, 2.75) is 45.7 Å². The van der Waals surface area contributed by atoms with Crippen LogP contribution in [0, 0.1) is 0 Å². The zero-order chi connectivity index (χ0) is 10.3. The van der Waals surface area contributed by atoms with Crippen LogP contribution in [0.2, 0.25) is 0 Å². The Morgan fingerprint density at radius 2 is 2.00 bits per heavy atom. The van der Waals surface area contributed by atoms with Crippen LogP contribution >= 0.6 is 0 Å². The second-order valence-corrected chi connectivity index (χ2v) is 5.23. The van der Waals surface area contributed by atoms with Crippen LogP contribution in [0.3, 0.4) is 0 Å². The molecule has 1 heterocycles. The van der Waals surface area contributed by atoms with Gasteiger partial charge in [-0.1, -0.05) is 39.0 Å². The molecule has 76 valence electrons. The van der Waals surface area contributed by atoms with Crippen molar-refractivity contribution in [3.63, 3.8) is 0 Å². The first kappa shape index (κ1) is 9.72. The van der Waals surface area contributed by atoms with Gasteiger partial charge in [0.1, 0.15) is 0 Å². The van der Waals surface area contributed by atoms with Crippen LogP contribution in [0.1, 0.15) is 50.4 Å². The molecule has 2 rings (SSSR count). The van der Waals surface area contributed by atoms with Crippen molar-refractivity contribution in [2.24, 2.45) is 0 Å². The molecule has 1 N–H and O–H groups in total. The monoisotopic (exact) mass is 189 g/mol. The maximum absolute atomic E-state index is 3.50. The Bertz CT molecular complexity index is 347. The summed E-state index contributed by atoms with van der Waals surface area (Å²) in [6, 6.07) is 7.20. The van der Waals surface area contributed by atoms with Crippen LogP contribution < -0.4 is 5.32 Å². The zero-order valence-electron chi connectivity index (χ0n) is 9.52. The lowest BCUT2D eigenvalue weighted by Crippen LogP contribution is -2.16. The number of hydrogen-bond donors (Lipinski definition) is 1. The summed E-state index contributed by atoms with van der Waals surface area (Å²) in [5, 5.41) is 3.50. The van der Waals surface area contributed by atoms with Gasteiger partial charge in [-0.2, -0.15) is 0 Å². The topological polar surface area (TPSA) is 12.0 Å². The lowest BCUT2D eigenvalue weighted by molar-refractivity contribution is 0.564. The highest BCUT2D eigenvalue weighted by atomic mass is 14.9. The molecule has 1 aromatic rings. The predicted molar refractivity (Wildman–Crippen MR) is 60.4 cm³/mol. The predicted octanol–water partition coefficient (Wildman–Crippen LogP) is 3.15. The van der Waals surface area contributed by atoms with Gasteiger partial charge in [0.25, 0.3) is 0 Å². The molecular formula is C13H19N. The van der Waals surface area contributed by atoms with E-state index in [2.05, 4.69) is 51.2 Å². The van der Waals surface area contributed by atoms with E-state index in [1.807, 2.05) is 0 Å². The van der Waals surface area contributed by atoms with Crippen molar-refractivity contribution in [1.82, 2.24) is 5.32 Å². The van der Waals surface area contributed by atoms with Gasteiger partial charge < -0.3 is 5.32 Å². The van der Waals surface area contributed by atoms with Crippen LogP contribution in [0.4, 0.5) is 0 Å². The quantitative estimate of drug-likeness (QED) is 0.661. The van der Waals surface area contributed by atoms with Gasteiger partial charge in [0.2, 0.25) is 0 Å². The smallest absolute Gasteiger partial charge is 0.0301 e. The van der Waals surface area contributed by atoms with E-state index >= 15 is 0 Å². The second-order valence-electron chi connectivity index (χ2n) is 5.23. The highest BCUT2D eigenvalue weighted by molar-refractivity contribution is 5.43. The molecule has 1 atom stereocenters. The number of hydrogen-bond acceptors (Lipinski definition) is 1. The molecule has 0 bridgehead atoms. The van der Waals surface area contributed by atoms with Crippen molar-refractivity contribution < 1.29 is 0 Å². The van der Waals surface area contributed by atoms with Gasteiger partial charge in [0.05, 0.1) is 0 Å². The summed E-state index contributed by atoms with van der Waals surface area (Å²) in [7, 11) is 0. The molecule has 1 unspecified atom stereocenters. The van der Waals surface area contributed by atoms with Gasteiger partial charge in [-0.05, 0) is 29.0 Å². The highest BCUT2D eigenvalue weighted by Crippen LogP contribution is 2.35. The molecule has 1 nitrogen and oxygen atoms in total. The summed E-state index contributed by atoms with van der Waals surface area (Å²) >= 11 is 0. The van der Waals surface area contributed by atoms with Gasteiger partial charge >= 0.3 is 0 Å². The molecule has 0 aliphatic carbocycles. The minimum Gasteiger partial charge on any atom is -0.306 e. The summed E-state index contributed by atoms with van der Waals surface area (Å²) in [4.78, 5) is 0. The molecule has 0 fully saturated rings. The molecule has 14 heavy (non-hydrogen) atoms. The zero-order valence-corrected chi connectivity index (χ0v) is 9.52. The Kier molecular flexibility index (Phi) is 2.15. The molecular weight excluding hydrogens is 170 g/mol. The summed E-state index contributed by atoms with van der Waals surface area (Å²) in [6.07, 6.45) is 0. The van der Waals surface area contributed by atoms with Gasteiger partial charge in [-0.25, -0.2) is 0 Å². The molecule has 0 saturated heterocycles. The molecule has 0 spiro atoms. The van der Waals surface area contributed by atoms with E-state index in [4.69, 9.17) is 0 Å². The first-order valence-corrected chi connectivity index (χ1v) is 5.36. The van der Waals surface area contributed by atoms with Gasteiger partial charge in [-0.3, -0.25) is 0 Å². The molecule has 1 heteroatoms. The highest BCUT2D eigenvalue weighted by Gasteiger charge is 2.26. The summed E-state index contributed by atoms with van der Waals surface area (Å²) < 4.78 is 0.